The molecule has 0 amide bonds. The lowest BCUT2D eigenvalue weighted by molar-refractivity contribution is -0.137. The molecule has 1 aromatic carbocycles. The molecule has 0 bridgehead atoms. The second-order valence-electron chi connectivity index (χ2n) is 3.23. The number of benzene rings is 1. The van der Waals surface area contributed by atoms with Gasteiger partial charge in [0.15, 0.2) is 0 Å². The smallest absolute Gasteiger partial charge is 0.315 e. The highest BCUT2D eigenvalue weighted by atomic mass is 79.9. The van der Waals surface area contributed by atoms with Crippen molar-refractivity contribution >= 4 is 33.7 Å². The Bertz CT molecular complexity index is 379. The van der Waals surface area contributed by atoms with Crippen LogP contribution in [-0.2, 0) is 9.53 Å². The molecule has 0 spiro atoms. The molecule has 0 aliphatic carbocycles. The van der Waals surface area contributed by atoms with Crippen LogP contribution in [0, 0.1) is 0 Å². The lowest BCUT2D eigenvalue weighted by Gasteiger charge is -2.08. The van der Waals surface area contributed by atoms with E-state index in [9.17, 15) is 9.90 Å². The molecule has 0 saturated heterocycles. The zero-order valence-corrected chi connectivity index (χ0v) is 11.5. The van der Waals surface area contributed by atoms with Crippen molar-refractivity contribution in [2.75, 3.05) is 12.9 Å². The minimum Gasteiger partial charge on any atom is -0.468 e. The van der Waals surface area contributed by atoms with Crippen LogP contribution in [0.2, 0.25) is 0 Å². The number of carbonyl (C=O) groups is 1. The molecular formula is C11H13BrO3S. The van der Waals surface area contributed by atoms with Gasteiger partial charge in [-0.1, -0.05) is 6.07 Å². The van der Waals surface area contributed by atoms with Gasteiger partial charge < -0.3 is 9.84 Å². The lowest BCUT2D eigenvalue weighted by atomic mass is 10.1. The first-order valence-corrected chi connectivity index (χ1v) is 6.49. The van der Waals surface area contributed by atoms with Crippen molar-refractivity contribution in [3.05, 3.63) is 28.2 Å². The average Bonchev–Trinajstić information content (AvgIpc) is 2.26. The third kappa shape index (κ3) is 3.81. The fraction of sp³-hybridized carbons (Fsp3) is 0.364. The van der Waals surface area contributed by atoms with E-state index >= 15 is 0 Å². The summed E-state index contributed by atoms with van der Waals surface area (Å²) in [5, 5.41) is 9.39. The first-order chi connectivity index (χ1) is 7.54. The number of halogens is 1. The SMILES string of the molecule is COC(=O)CSc1ccc([C@@H](C)O)cc1Br. The van der Waals surface area contributed by atoms with Crippen molar-refractivity contribution < 1.29 is 14.6 Å². The first kappa shape index (κ1) is 13.5. The van der Waals surface area contributed by atoms with E-state index in [4.69, 9.17) is 0 Å². The Balaban J connectivity index is 2.72. The monoisotopic (exact) mass is 304 g/mol. The normalized spacial score (nSPS) is 12.2. The zero-order chi connectivity index (χ0) is 12.1. The Morgan fingerprint density at radius 1 is 1.62 bits per heavy atom. The summed E-state index contributed by atoms with van der Waals surface area (Å²) in [6.07, 6.45) is -0.490. The maximum absolute atomic E-state index is 11.0. The van der Waals surface area contributed by atoms with Crippen LogP contribution >= 0.6 is 27.7 Å². The van der Waals surface area contributed by atoms with Gasteiger partial charge in [0.1, 0.15) is 0 Å². The maximum Gasteiger partial charge on any atom is 0.315 e. The van der Waals surface area contributed by atoms with E-state index < -0.39 is 6.10 Å². The minimum absolute atomic E-state index is 0.253. The van der Waals surface area contributed by atoms with Gasteiger partial charge in [0.05, 0.1) is 19.0 Å². The molecule has 1 atom stereocenters. The van der Waals surface area contributed by atoms with Gasteiger partial charge in [-0.15, -0.1) is 11.8 Å². The molecule has 16 heavy (non-hydrogen) atoms. The number of rotatable bonds is 4. The van der Waals surface area contributed by atoms with Crippen LogP contribution in [0.3, 0.4) is 0 Å². The van der Waals surface area contributed by atoms with Gasteiger partial charge in [-0.3, -0.25) is 4.79 Å². The van der Waals surface area contributed by atoms with Gasteiger partial charge in [-0.2, -0.15) is 0 Å². The summed E-state index contributed by atoms with van der Waals surface area (Å²) >= 11 is 4.80. The molecule has 88 valence electrons. The Kier molecular flexibility index (Phi) is 5.31. The van der Waals surface area contributed by atoms with Crippen molar-refractivity contribution in [1.29, 1.82) is 0 Å². The fourth-order valence-electron chi connectivity index (χ4n) is 1.09. The van der Waals surface area contributed by atoms with Crippen LogP contribution < -0.4 is 0 Å². The maximum atomic E-state index is 11.0. The molecular weight excluding hydrogens is 292 g/mol. The van der Waals surface area contributed by atoms with Crippen LogP contribution in [0.25, 0.3) is 0 Å². The van der Waals surface area contributed by atoms with Crippen molar-refractivity contribution in [3.63, 3.8) is 0 Å². The average molecular weight is 305 g/mol. The summed E-state index contributed by atoms with van der Waals surface area (Å²) in [7, 11) is 1.37. The molecule has 1 rings (SSSR count). The fourth-order valence-corrected chi connectivity index (χ4v) is 2.58. The van der Waals surface area contributed by atoms with Gasteiger partial charge >= 0.3 is 5.97 Å². The lowest BCUT2D eigenvalue weighted by Crippen LogP contribution is -2.03. The third-order valence-electron chi connectivity index (χ3n) is 2.01. The molecule has 0 unspecified atom stereocenters. The predicted molar refractivity (Wildman–Crippen MR) is 67.5 cm³/mol. The summed E-state index contributed by atoms with van der Waals surface area (Å²) in [6, 6.07) is 5.57. The van der Waals surface area contributed by atoms with Gasteiger partial charge in [0, 0.05) is 9.37 Å². The van der Waals surface area contributed by atoms with E-state index in [2.05, 4.69) is 20.7 Å². The van der Waals surface area contributed by atoms with E-state index in [1.807, 2.05) is 18.2 Å². The molecule has 0 aromatic heterocycles. The zero-order valence-electron chi connectivity index (χ0n) is 9.07. The summed E-state index contributed by atoms with van der Waals surface area (Å²) in [6.45, 7) is 1.71. The highest BCUT2D eigenvalue weighted by Gasteiger charge is 2.08. The van der Waals surface area contributed by atoms with Crippen LogP contribution in [-0.4, -0.2) is 23.9 Å². The Morgan fingerprint density at radius 2 is 2.31 bits per heavy atom. The molecule has 0 aliphatic heterocycles. The van der Waals surface area contributed by atoms with E-state index in [0.29, 0.717) is 0 Å². The van der Waals surface area contributed by atoms with Crippen LogP contribution in [0.5, 0.6) is 0 Å². The number of thioether (sulfide) groups is 1. The predicted octanol–water partition coefficient (Wildman–Crippen LogP) is 2.77. The molecule has 0 fully saturated rings. The Morgan fingerprint density at radius 3 is 2.81 bits per heavy atom. The van der Waals surface area contributed by atoms with E-state index in [0.717, 1.165) is 14.9 Å². The topological polar surface area (TPSA) is 46.5 Å². The molecule has 0 radical (unpaired) electrons. The van der Waals surface area contributed by atoms with Crippen LogP contribution in [0.1, 0.15) is 18.6 Å². The van der Waals surface area contributed by atoms with E-state index in [1.165, 1.54) is 18.9 Å². The highest BCUT2D eigenvalue weighted by Crippen LogP contribution is 2.30. The second-order valence-corrected chi connectivity index (χ2v) is 5.10. The molecule has 1 aromatic rings. The number of aliphatic hydroxyl groups excluding tert-OH is 1. The molecule has 0 aliphatic rings. The first-order valence-electron chi connectivity index (χ1n) is 4.71. The quantitative estimate of drug-likeness (QED) is 0.686. The molecule has 1 N–H and O–H groups in total. The number of esters is 1. The van der Waals surface area contributed by atoms with Gasteiger partial charge in [0.25, 0.3) is 0 Å². The summed E-state index contributed by atoms with van der Waals surface area (Å²) in [4.78, 5) is 11.9. The second kappa shape index (κ2) is 6.27. The van der Waals surface area contributed by atoms with Crippen molar-refractivity contribution in [2.45, 2.75) is 17.9 Å². The molecule has 3 nitrogen and oxygen atoms in total. The summed E-state index contributed by atoms with van der Waals surface area (Å²) < 4.78 is 5.43. The van der Waals surface area contributed by atoms with Crippen molar-refractivity contribution in [2.24, 2.45) is 0 Å². The highest BCUT2D eigenvalue weighted by molar-refractivity contribution is 9.10. The van der Waals surface area contributed by atoms with Gasteiger partial charge in [-0.25, -0.2) is 0 Å². The number of methoxy groups -OCH3 is 1. The number of hydrogen-bond acceptors (Lipinski definition) is 4. The number of carbonyl (C=O) groups excluding carboxylic acids is 1. The molecule has 5 heteroatoms. The van der Waals surface area contributed by atoms with Crippen LogP contribution in [0.15, 0.2) is 27.6 Å². The van der Waals surface area contributed by atoms with E-state index in [-0.39, 0.29) is 11.7 Å². The van der Waals surface area contributed by atoms with Gasteiger partial charge in [-0.05, 0) is 40.5 Å². The number of hydrogen-bond donors (Lipinski definition) is 1. The van der Waals surface area contributed by atoms with Gasteiger partial charge in [0.2, 0.25) is 0 Å². The Labute approximate surface area is 107 Å². The summed E-state index contributed by atoms with van der Waals surface area (Å²) in [5.74, 6) is 0.0276. The number of aliphatic hydroxyl groups is 1. The molecule has 0 heterocycles. The Hall–Kier alpha value is -0.520. The van der Waals surface area contributed by atoms with E-state index in [1.54, 1.807) is 6.92 Å². The van der Waals surface area contributed by atoms with Crippen molar-refractivity contribution in [3.8, 4) is 0 Å². The third-order valence-corrected chi connectivity index (χ3v) is 3.98. The number of ether oxygens (including phenoxy) is 1. The standard InChI is InChI=1S/C11H13BrO3S/c1-7(13)8-3-4-10(9(12)5-8)16-6-11(14)15-2/h3-5,7,13H,6H2,1-2H3/t7-/m1/s1. The molecule has 0 saturated carbocycles. The van der Waals surface area contributed by atoms with Crippen LogP contribution in [0.4, 0.5) is 0 Å². The van der Waals surface area contributed by atoms with Crippen molar-refractivity contribution in [1.82, 2.24) is 0 Å². The summed E-state index contributed by atoms with van der Waals surface area (Å²) in [5.41, 5.74) is 0.842. The minimum atomic E-state index is -0.490. The largest absolute Gasteiger partial charge is 0.468 e.